The van der Waals surface area contributed by atoms with E-state index in [4.69, 9.17) is 70.2 Å². The van der Waals surface area contributed by atoms with Gasteiger partial charge in [-0.25, -0.2) is 29.5 Å². The monoisotopic (exact) mass is 744 g/mol. The van der Waals surface area contributed by atoms with Gasteiger partial charge in [0.25, 0.3) is 16.7 Å². The first kappa shape index (κ1) is 37.9. The van der Waals surface area contributed by atoms with Gasteiger partial charge in [0.05, 0.1) is 8.52 Å². The van der Waals surface area contributed by atoms with Crippen molar-refractivity contribution < 1.29 is 29.8 Å². The second-order valence-corrected chi connectivity index (χ2v) is 14.0. The molecular formula is C16H11Cl8FN7O7P. The smallest absolute Gasteiger partial charge is 0.352 e. The van der Waals surface area contributed by atoms with E-state index in [0.29, 0.717) is 0 Å². The minimum Gasteiger partial charge on any atom is -0.477 e. The van der Waals surface area contributed by atoms with Crippen molar-refractivity contribution in [2.45, 2.75) is 0 Å². The fraction of sp³-hybridized carbons (Fsp3) is 0.0625. The molecule has 0 aromatic carbocycles. The SMILES string of the molecule is NC(=O)c1cc(Cl)nc(Cl)n1.O=C(Cl)c1cc(Cl)nc(Cl)n1.O=C(O)c1cc(=O)[nH]c(=O)[nH]1.O=P(Cl)(Cl)Cl.[2H]CF. The van der Waals surface area contributed by atoms with Crippen molar-refractivity contribution >= 4 is 114 Å². The highest BCUT2D eigenvalue weighted by atomic mass is 36.0. The van der Waals surface area contributed by atoms with Crippen LogP contribution in [0.1, 0.15) is 32.8 Å². The Hall–Kier alpha value is -2.07. The molecule has 3 heterocycles. The summed E-state index contributed by atoms with van der Waals surface area (Å²) in [4.78, 5) is 70.0. The maximum atomic E-state index is 10.5. The molecule has 0 saturated carbocycles. The molecule has 220 valence electrons. The van der Waals surface area contributed by atoms with Crippen molar-refractivity contribution in [3.63, 3.8) is 0 Å². The number of carbonyl (C=O) groups excluding carboxylic acids is 2. The fourth-order valence-corrected chi connectivity index (χ4v) is 2.50. The number of carbonyl (C=O) groups is 3. The molecular weight excluding hydrogens is 736 g/mol. The zero-order valence-corrected chi connectivity index (χ0v) is 25.5. The third-order valence-corrected chi connectivity index (χ3v) is 3.70. The minimum atomic E-state index is -3.22. The van der Waals surface area contributed by atoms with Crippen LogP contribution in [-0.2, 0) is 4.57 Å². The van der Waals surface area contributed by atoms with E-state index in [-0.39, 0.29) is 32.3 Å². The maximum absolute atomic E-state index is 10.5. The lowest BCUT2D eigenvalue weighted by atomic mass is 10.4. The molecule has 3 aromatic heterocycles. The van der Waals surface area contributed by atoms with E-state index in [2.05, 4.69) is 53.7 Å². The molecule has 0 aliphatic heterocycles. The van der Waals surface area contributed by atoms with Crippen molar-refractivity contribution in [2.24, 2.45) is 5.73 Å². The fourth-order valence-electron chi connectivity index (χ4n) is 1.59. The normalized spacial score (nSPS) is 9.88. The first-order chi connectivity index (χ1) is 18.7. The summed E-state index contributed by atoms with van der Waals surface area (Å²) in [6.45, 7) is 0. The molecule has 1 amide bonds. The van der Waals surface area contributed by atoms with Crippen LogP contribution in [0, 0.1) is 0 Å². The number of primary amides is 1. The lowest BCUT2D eigenvalue weighted by Crippen LogP contribution is -2.24. The standard InChI is InChI=1S/C5HCl3N2O.C5H3Cl2N3O.C5H4N2O4.CH3F.Cl3OP/c6-3-1-2(4(7)11)9-5(8)10-3;6-3-1-2(4(8)11)9-5(7)10-3;8-3-1-2(4(9)10)6-5(11)7-3;1-2;1-5(2,3)4/h1H;1H,(H2,8,11);1H,(H,9,10)(H2,6,7,8,11);1H3;/i;;;1D;. The zero-order valence-electron chi connectivity index (χ0n) is 19.6. The topological polar surface area (TPSA) is 232 Å². The van der Waals surface area contributed by atoms with Gasteiger partial charge in [0.2, 0.25) is 10.6 Å². The van der Waals surface area contributed by atoms with Crippen LogP contribution >= 0.6 is 96.9 Å². The Balaban J connectivity index is 0. The summed E-state index contributed by atoms with van der Waals surface area (Å²) in [6, 6.07) is 3.28. The predicted octanol–water partition coefficient (Wildman–Crippen LogP) is 5.20. The van der Waals surface area contributed by atoms with Gasteiger partial charge in [-0.15, -0.1) is 0 Å². The van der Waals surface area contributed by atoms with Crippen LogP contribution in [0.25, 0.3) is 0 Å². The van der Waals surface area contributed by atoms with E-state index in [1.165, 1.54) is 12.1 Å². The molecule has 0 fully saturated rings. The van der Waals surface area contributed by atoms with E-state index < -0.39 is 46.4 Å². The number of carboxylic acids is 1. The van der Waals surface area contributed by atoms with Crippen LogP contribution in [0.2, 0.25) is 20.9 Å². The van der Waals surface area contributed by atoms with Gasteiger partial charge in [0, 0.05) is 18.2 Å². The molecule has 0 spiro atoms. The summed E-state index contributed by atoms with van der Waals surface area (Å²) >= 11 is 40.6. The van der Waals surface area contributed by atoms with Gasteiger partial charge in [-0.05, 0) is 68.5 Å². The Kier molecular flexibility index (Phi) is 18.9. The number of hydrogen-bond acceptors (Lipinski definition) is 10. The van der Waals surface area contributed by atoms with E-state index in [1.54, 1.807) is 0 Å². The molecule has 5 N–H and O–H groups in total. The van der Waals surface area contributed by atoms with Crippen molar-refractivity contribution in [1.82, 2.24) is 29.9 Å². The molecule has 0 aliphatic rings. The highest BCUT2D eigenvalue weighted by Crippen LogP contribution is 2.61. The Labute approximate surface area is 262 Å². The number of nitrogens with one attached hydrogen (secondary N) is 2. The summed E-state index contributed by atoms with van der Waals surface area (Å²) in [7, 11) is -1.00. The van der Waals surface area contributed by atoms with Crippen molar-refractivity contribution in [2.75, 3.05) is 7.15 Å². The zero-order chi connectivity index (χ0) is 32.5. The lowest BCUT2D eigenvalue weighted by molar-refractivity contribution is 0.0689. The Morgan fingerprint density at radius 3 is 1.65 bits per heavy atom. The molecule has 0 atom stereocenters. The molecule has 14 nitrogen and oxygen atoms in total. The molecule has 3 aromatic rings. The average molecular weight is 748 g/mol. The average Bonchev–Trinajstić information content (AvgIpc) is 2.77. The van der Waals surface area contributed by atoms with Gasteiger partial charge < -0.3 is 15.8 Å². The number of nitrogens with two attached hydrogens (primary N) is 1. The number of aromatic amines is 2. The van der Waals surface area contributed by atoms with Crippen LogP contribution in [0.5, 0.6) is 0 Å². The van der Waals surface area contributed by atoms with Crippen molar-refractivity contribution in [1.29, 1.82) is 0 Å². The number of hydrogen-bond donors (Lipinski definition) is 4. The van der Waals surface area contributed by atoms with Crippen LogP contribution < -0.4 is 17.0 Å². The van der Waals surface area contributed by atoms with Crippen LogP contribution in [0.3, 0.4) is 0 Å². The van der Waals surface area contributed by atoms with E-state index in [1.807, 2.05) is 9.97 Å². The summed E-state index contributed by atoms with van der Waals surface area (Å²) in [6.07, 6.45) is 0. The Morgan fingerprint density at radius 1 is 0.925 bits per heavy atom. The number of rotatable bonds is 3. The number of H-pyrrole nitrogens is 2. The minimum absolute atomic E-state index is 0.00309. The predicted molar refractivity (Wildman–Crippen MR) is 150 cm³/mol. The molecule has 3 rings (SSSR count). The highest BCUT2D eigenvalue weighted by Gasteiger charge is 2.07. The van der Waals surface area contributed by atoms with Gasteiger partial charge >= 0.3 is 16.9 Å². The van der Waals surface area contributed by atoms with Crippen LogP contribution in [0.15, 0.2) is 27.8 Å². The number of aromatic carboxylic acids is 1. The van der Waals surface area contributed by atoms with Crippen molar-refractivity contribution in [3.8, 4) is 0 Å². The largest absolute Gasteiger partial charge is 0.477 e. The van der Waals surface area contributed by atoms with Gasteiger partial charge in [-0.2, -0.15) is 0 Å². The van der Waals surface area contributed by atoms with E-state index >= 15 is 0 Å². The van der Waals surface area contributed by atoms with Gasteiger partial charge in [0.15, 0.2) is 0 Å². The summed E-state index contributed by atoms with van der Waals surface area (Å²) in [5.74, 6) is -2.02. The molecule has 40 heavy (non-hydrogen) atoms. The molecule has 24 heteroatoms. The number of halogens is 9. The summed E-state index contributed by atoms with van der Waals surface area (Å²) < 4.78 is 25.0. The van der Waals surface area contributed by atoms with Gasteiger partial charge in [-0.1, -0.05) is 23.2 Å². The first-order valence-corrected chi connectivity index (χ1v) is 15.0. The third-order valence-electron chi connectivity index (χ3n) is 2.78. The molecule has 0 radical (unpaired) electrons. The lowest BCUT2D eigenvalue weighted by Gasteiger charge is -1.94. The first-order valence-electron chi connectivity index (χ1n) is 9.41. The quantitative estimate of drug-likeness (QED) is 0.118. The molecule has 0 saturated heterocycles. The number of nitrogens with zero attached hydrogens (tertiary/aromatic N) is 4. The number of alkyl halides is 1. The third kappa shape index (κ3) is 20.8. The number of aromatic nitrogens is 6. The number of carboxylic acid groups (broad SMARTS) is 1. The van der Waals surface area contributed by atoms with Crippen LogP contribution in [0.4, 0.5) is 4.39 Å². The molecule has 0 bridgehead atoms. The Bertz CT molecular complexity index is 1370. The van der Waals surface area contributed by atoms with Crippen LogP contribution in [-0.4, -0.2) is 59.3 Å². The van der Waals surface area contributed by atoms with Gasteiger partial charge in [0.1, 0.15) is 27.4 Å². The van der Waals surface area contributed by atoms with E-state index in [9.17, 15) is 32.9 Å². The molecule has 0 aliphatic carbocycles. The van der Waals surface area contributed by atoms with Gasteiger partial charge in [-0.3, -0.25) is 28.3 Å². The maximum Gasteiger partial charge on any atom is 0.352 e. The Morgan fingerprint density at radius 2 is 1.32 bits per heavy atom. The summed E-state index contributed by atoms with van der Waals surface area (Å²) in [5, 5.41) is 4.38. The second-order valence-electron chi connectivity index (χ2n) is 5.53. The highest BCUT2D eigenvalue weighted by molar-refractivity contribution is 8.24. The van der Waals surface area contributed by atoms with Crippen molar-refractivity contribution in [3.05, 3.63) is 77.0 Å². The molecule has 0 unspecified atom stereocenters. The number of amides is 1. The summed E-state index contributed by atoms with van der Waals surface area (Å²) in [5.41, 5.74) is 2.94. The second kappa shape index (κ2) is 19.9. The van der Waals surface area contributed by atoms with E-state index in [0.717, 1.165) is 6.07 Å².